The van der Waals surface area contributed by atoms with E-state index in [-0.39, 0.29) is 30.0 Å². The maximum absolute atomic E-state index is 12.8. The molecule has 1 unspecified atom stereocenters. The summed E-state index contributed by atoms with van der Waals surface area (Å²) in [5, 5.41) is 9.02. The van der Waals surface area contributed by atoms with Gasteiger partial charge in [0.2, 0.25) is 0 Å². The fourth-order valence-corrected chi connectivity index (χ4v) is 5.45. The number of benzene rings is 2. The minimum absolute atomic E-state index is 0.0578. The van der Waals surface area contributed by atoms with E-state index < -0.39 is 5.97 Å². The van der Waals surface area contributed by atoms with Gasteiger partial charge >= 0.3 is 12.1 Å². The molecule has 2 aromatic rings. The Labute approximate surface area is 181 Å². The number of likely N-dealkylation sites (tertiary alicyclic amines) is 1. The van der Waals surface area contributed by atoms with E-state index in [0.29, 0.717) is 26.3 Å². The van der Waals surface area contributed by atoms with Crippen molar-refractivity contribution in [2.24, 2.45) is 5.92 Å². The van der Waals surface area contributed by atoms with Crippen LogP contribution in [0.25, 0.3) is 11.1 Å². The fourth-order valence-electron chi connectivity index (χ4n) is 5.45. The summed E-state index contributed by atoms with van der Waals surface area (Å²) in [6.07, 6.45) is 2.09. The molecule has 0 radical (unpaired) electrons. The van der Waals surface area contributed by atoms with Crippen LogP contribution in [0.3, 0.4) is 0 Å². The lowest BCUT2D eigenvalue weighted by atomic mass is 9.84. The number of fused-ring (bicyclic) bond motifs is 3. The molecule has 2 heterocycles. The summed E-state index contributed by atoms with van der Waals surface area (Å²) >= 11 is 0. The number of carboxylic acids is 1. The summed E-state index contributed by atoms with van der Waals surface area (Å²) in [6, 6.07) is 16.6. The van der Waals surface area contributed by atoms with Gasteiger partial charge in [0.1, 0.15) is 6.61 Å². The van der Waals surface area contributed by atoms with Crippen molar-refractivity contribution in [3.8, 4) is 11.1 Å². The van der Waals surface area contributed by atoms with Crippen LogP contribution in [0.15, 0.2) is 48.5 Å². The van der Waals surface area contributed by atoms with E-state index in [1.807, 2.05) is 24.3 Å². The normalized spacial score (nSPS) is 21.7. The second-order valence-electron chi connectivity index (χ2n) is 8.95. The van der Waals surface area contributed by atoms with E-state index in [1.54, 1.807) is 4.90 Å². The first kappa shape index (κ1) is 20.1. The van der Waals surface area contributed by atoms with Crippen LogP contribution in [-0.4, -0.2) is 54.0 Å². The zero-order valence-electron chi connectivity index (χ0n) is 17.5. The molecule has 162 valence electrons. The van der Waals surface area contributed by atoms with Crippen molar-refractivity contribution in [3.63, 3.8) is 0 Å². The third kappa shape index (κ3) is 3.81. The second kappa shape index (κ2) is 8.00. The summed E-state index contributed by atoms with van der Waals surface area (Å²) < 4.78 is 11.8. The minimum Gasteiger partial charge on any atom is -0.481 e. The van der Waals surface area contributed by atoms with Crippen molar-refractivity contribution in [3.05, 3.63) is 59.7 Å². The molecule has 1 atom stereocenters. The van der Waals surface area contributed by atoms with E-state index in [9.17, 15) is 9.59 Å². The van der Waals surface area contributed by atoms with Crippen LogP contribution in [0.1, 0.15) is 42.7 Å². The van der Waals surface area contributed by atoms with E-state index in [0.717, 1.165) is 19.3 Å². The first-order valence-electron chi connectivity index (χ1n) is 11.0. The molecule has 31 heavy (non-hydrogen) atoms. The van der Waals surface area contributed by atoms with E-state index in [4.69, 9.17) is 14.6 Å². The van der Waals surface area contributed by atoms with Gasteiger partial charge in [-0.05, 0) is 47.4 Å². The van der Waals surface area contributed by atoms with Gasteiger partial charge in [-0.15, -0.1) is 0 Å². The van der Waals surface area contributed by atoms with Crippen molar-refractivity contribution < 1.29 is 24.2 Å². The topological polar surface area (TPSA) is 76.1 Å². The maximum atomic E-state index is 12.8. The Hall–Kier alpha value is -2.86. The van der Waals surface area contributed by atoms with Crippen molar-refractivity contribution in [1.82, 2.24) is 4.90 Å². The third-order valence-electron chi connectivity index (χ3n) is 7.02. The molecule has 0 aromatic heterocycles. The highest BCUT2D eigenvalue weighted by molar-refractivity contribution is 5.79. The van der Waals surface area contributed by atoms with Gasteiger partial charge in [-0.25, -0.2) is 4.79 Å². The molecule has 2 fully saturated rings. The number of rotatable bonds is 4. The van der Waals surface area contributed by atoms with E-state index in [1.165, 1.54) is 22.3 Å². The Kier molecular flexibility index (Phi) is 5.18. The van der Waals surface area contributed by atoms with Gasteiger partial charge in [0.05, 0.1) is 18.6 Å². The maximum Gasteiger partial charge on any atom is 0.409 e. The molecular formula is C25H27NO5. The monoisotopic (exact) mass is 421 g/mol. The zero-order valence-corrected chi connectivity index (χ0v) is 17.5. The molecule has 1 aliphatic carbocycles. The first-order valence-corrected chi connectivity index (χ1v) is 11.0. The lowest BCUT2D eigenvalue weighted by Crippen LogP contribution is -2.46. The van der Waals surface area contributed by atoms with Gasteiger partial charge < -0.3 is 19.5 Å². The number of piperidine rings is 1. The molecule has 1 spiro atoms. The van der Waals surface area contributed by atoms with Crippen LogP contribution in [0.5, 0.6) is 0 Å². The average Bonchev–Trinajstić information content (AvgIpc) is 3.31. The number of hydrogen-bond acceptors (Lipinski definition) is 4. The van der Waals surface area contributed by atoms with Crippen molar-refractivity contribution in [1.29, 1.82) is 0 Å². The standard InChI is InChI=1S/C25H27NO5/c27-23(28)13-17-14-25(31-15-17)9-11-26(12-10-25)24(29)30-16-22-20-7-3-1-5-18(20)19-6-2-4-8-21(19)22/h1-8,17,22H,9-16H2,(H,27,28). The van der Waals surface area contributed by atoms with Gasteiger partial charge in [0.25, 0.3) is 0 Å². The Morgan fingerprint density at radius 2 is 1.65 bits per heavy atom. The van der Waals surface area contributed by atoms with Crippen molar-refractivity contribution >= 4 is 12.1 Å². The number of amides is 1. The molecular weight excluding hydrogens is 394 g/mol. The van der Waals surface area contributed by atoms with E-state index in [2.05, 4.69) is 24.3 Å². The van der Waals surface area contributed by atoms with Crippen molar-refractivity contribution in [2.45, 2.75) is 37.2 Å². The van der Waals surface area contributed by atoms with Crippen molar-refractivity contribution in [2.75, 3.05) is 26.3 Å². The Morgan fingerprint density at radius 3 is 2.26 bits per heavy atom. The molecule has 1 amide bonds. The number of carbonyl (C=O) groups excluding carboxylic acids is 1. The Balaban J connectivity index is 1.19. The van der Waals surface area contributed by atoms with Crippen LogP contribution in [0, 0.1) is 5.92 Å². The van der Waals surface area contributed by atoms with Crippen LogP contribution in [0.2, 0.25) is 0 Å². The number of aliphatic carboxylic acids is 1. The third-order valence-corrected chi connectivity index (χ3v) is 7.02. The summed E-state index contributed by atoms with van der Waals surface area (Å²) in [4.78, 5) is 25.5. The number of carbonyl (C=O) groups is 2. The molecule has 0 bridgehead atoms. The SMILES string of the molecule is O=C(O)CC1COC2(CCN(C(=O)OCC3c4ccccc4-c4ccccc43)CC2)C1. The van der Waals surface area contributed by atoms with Gasteiger partial charge in [0.15, 0.2) is 0 Å². The average molecular weight is 421 g/mol. The fraction of sp³-hybridized carbons (Fsp3) is 0.440. The minimum atomic E-state index is -0.776. The number of ether oxygens (including phenoxy) is 2. The molecule has 2 aromatic carbocycles. The quantitative estimate of drug-likeness (QED) is 0.797. The van der Waals surface area contributed by atoms with Gasteiger partial charge in [-0.2, -0.15) is 0 Å². The Morgan fingerprint density at radius 1 is 1.03 bits per heavy atom. The summed E-state index contributed by atoms with van der Waals surface area (Å²) in [7, 11) is 0. The van der Waals surface area contributed by atoms with Crippen LogP contribution in [-0.2, 0) is 14.3 Å². The predicted octanol–water partition coefficient (Wildman–Crippen LogP) is 4.28. The first-order chi connectivity index (χ1) is 15.0. The lowest BCUT2D eigenvalue weighted by Gasteiger charge is -2.38. The Bertz CT molecular complexity index is 949. The number of hydrogen-bond donors (Lipinski definition) is 1. The molecule has 2 saturated heterocycles. The molecule has 0 saturated carbocycles. The molecule has 2 aliphatic heterocycles. The lowest BCUT2D eigenvalue weighted by molar-refractivity contribution is -0.138. The molecule has 3 aliphatic rings. The second-order valence-corrected chi connectivity index (χ2v) is 8.95. The molecule has 5 rings (SSSR count). The van der Waals surface area contributed by atoms with E-state index >= 15 is 0 Å². The summed E-state index contributed by atoms with van der Waals surface area (Å²) in [5.74, 6) is -0.650. The zero-order chi connectivity index (χ0) is 21.4. The molecule has 6 heteroatoms. The highest BCUT2D eigenvalue weighted by atomic mass is 16.6. The smallest absolute Gasteiger partial charge is 0.409 e. The van der Waals surface area contributed by atoms with Gasteiger partial charge in [0, 0.05) is 19.0 Å². The van der Waals surface area contributed by atoms with Gasteiger partial charge in [-0.3, -0.25) is 4.79 Å². The number of nitrogens with zero attached hydrogens (tertiary/aromatic N) is 1. The highest BCUT2D eigenvalue weighted by Gasteiger charge is 2.44. The highest BCUT2D eigenvalue weighted by Crippen LogP contribution is 2.45. The molecule has 6 nitrogen and oxygen atoms in total. The van der Waals surface area contributed by atoms with Gasteiger partial charge in [-0.1, -0.05) is 48.5 Å². The van der Waals surface area contributed by atoms with Crippen LogP contribution < -0.4 is 0 Å². The van der Waals surface area contributed by atoms with Crippen LogP contribution in [0.4, 0.5) is 4.79 Å². The summed E-state index contributed by atoms with van der Waals surface area (Å²) in [6.45, 7) is 1.98. The van der Waals surface area contributed by atoms with Crippen LogP contribution >= 0.6 is 0 Å². The summed E-state index contributed by atoms with van der Waals surface area (Å²) in [5.41, 5.74) is 4.57. The largest absolute Gasteiger partial charge is 0.481 e. The predicted molar refractivity (Wildman–Crippen MR) is 115 cm³/mol. The number of carboxylic acid groups (broad SMARTS) is 1. The molecule has 1 N–H and O–H groups in total.